The number of epoxide rings is 1. The number of aryl methyl sites for hydroxylation is 1. The van der Waals surface area contributed by atoms with Crippen molar-refractivity contribution in [2.45, 2.75) is 59.2 Å². The molecule has 0 aromatic carbocycles. The zero-order chi connectivity index (χ0) is 14.7. The van der Waals surface area contributed by atoms with Crippen LogP contribution in [-0.4, -0.2) is 23.0 Å². The van der Waals surface area contributed by atoms with Gasteiger partial charge in [0.05, 0.1) is 22.9 Å². The van der Waals surface area contributed by atoms with E-state index in [2.05, 4.69) is 30.3 Å². The van der Waals surface area contributed by atoms with E-state index in [4.69, 9.17) is 4.74 Å². The number of ether oxygens (including phenoxy) is 1. The molecular weight excluding hydrogens is 270 g/mol. The smallest absolute Gasteiger partial charge is 0.129 e. The van der Waals surface area contributed by atoms with Gasteiger partial charge in [0.15, 0.2) is 0 Å². The van der Waals surface area contributed by atoms with Crippen LogP contribution in [0.25, 0.3) is 6.08 Å². The van der Waals surface area contributed by atoms with Crippen molar-refractivity contribution in [3.63, 3.8) is 0 Å². The third-order valence-electron chi connectivity index (χ3n) is 3.85. The Labute approximate surface area is 125 Å². The number of carbonyl (C=O) groups excluding carboxylic acids is 1. The van der Waals surface area contributed by atoms with Gasteiger partial charge in [-0.2, -0.15) is 0 Å². The van der Waals surface area contributed by atoms with E-state index < -0.39 is 0 Å². The minimum Gasteiger partial charge on any atom is -0.370 e. The molecule has 0 N–H and O–H groups in total. The highest BCUT2D eigenvalue weighted by atomic mass is 32.1. The summed E-state index contributed by atoms with van der Waals surface area (Å²) in [4.78, 5) is 15.7. The maximum absolute atomic E-state index is 11.2. The maximum atomic E-state index is 11.2. The van der Waals surface area contributed by atoms with Crippen LogP contribution in [0, 0.1) is 12.8 Å². The highest BCUT2D eigenvalue weighted by Gasteiger charge is 2.36. The maximum Gasteiger partial charge on any atom is 0.129 e. The van der Waals surface area contributed by atoms with Gasteiger partial charge in [-0.1, -0.05) is 5.57 Å². The molecule has 1 aromatic rings. The summed E-state index contributed by atoms with van der Waals surface area (Å²) in [6.07, 6.45) is 5.47. The van der Waals surface area contributed by atoms with Crippen LogP contribution in [0.2, 0.25) is 0 Å². The summed E-state index contributed by atoms with van der Waals surface area (Å²) in [5.41, 5.74) is 2.34. The molecular formula is C16H23NO2S. The predicted molar refractivity (Wildman–Crippen MR) is 82.9 cm³/mol. The largest absolute Gasteiger partial charge is 0.370 e. The van der Waals surface area contributed by atoms with Gasteiger partial charge < -0.3 is 9.53 Å². The van der Waals surface area contributed by atoms with Gasteiger partial charge in [0.25, 0.3) is 0 Å². The molecule has 110 valence electrons. The van der Waals surface area contributed by atoms with Crippen molar-refractivity contribution in [1.82, 2.24) is 4.98 Å². The molecule has 0 radical (unpaired) electrons. The van der Waals surface area contributed by atoms with Crippen LogP contribution in [-0.2, 0) is 9.53 Å². The van der Waals surface area contributed by atoms with Gasteiger partial charge in [-0.15, -0.1) is 11.3 Å². The second kappa shape index (κ2) is 6.64. The third kappa shape index (κ3) is 4.53. The van der Waals surface area contributed by atoms with Crippen LogP contribution in [0.15, 0.2) is 11.0 Å². The fraction of sp³-hybridized carbons (Fsp3) is 0.625. The number of hydrogen-bond donors (Lipinski definition) is 0. The molecule has 4 heteroatoms. The van der Waals surface area contributed by atoms with Gasteiger partial charge in [0, 0.05) is 11.8 Å². The minimum atomic E-state index is 0.261. The number of rotatable bonds is 7. The quantitative estimate of drug-likeness (QED) is 0.713. The average Bonchev–Trinajstić information content (AvgIpc) is 2.90. The zero-order valence-electron chi connectivity index (χ0n) is 12.7. The first kappa shape index (κ1) is 15.4. The van der Waals surface area contributed by atoms with E-state index in [1.807, 2.05) is 6.92 Å². The molecule has 1 fully saturated rings. The highest BCUT2D eigenvalue weighted by Crippen LogP contribution is 2.33. The van der Waals surface area contributed by atoms with E-state index in [9.17, 15) is 4.79 Å². The predicted octanol–water partition coefficient (Wildman–Crippen LogP) is 4.02. The molecule has 0 saturated carbocycles. The topological polar surface area (TPSA) is 42.5 Å². The fourth-order valence-corrected chi connectivity index (χ4v) is 3.03. The van der Waals surface area contributed by atoms with Gasteiger partial charge in [-0.25, -0.2) is 4.98 Å². The van der Waals surface area contributed by atoms with Crippen LogP contribution < -0.4 is 0 Å². The molecule has 20 heavy (non-hydrogen) atoms. The van der Waals surface area contributed by atoms with Gasteiger partial charge in [-0.3, -0.25) is 0 Å². The molecule has 3 nitrogen and oxygen atoms in total. The van der Waals surface area contributed by atoms with E-state index in [-0.39, 0.29) is 5.78 Å². The van der Waals surface area contributed by atoms with Crippen molar-refractivity contribution in [1.29, 1.82) is 0 Å². The number of carbonyl (C=O) groups is 1. The Morgan fingerprint density at radius 3 is 2.75 bits per heavy atom. The first-order valence-electron chi connectivity index (χ1n) is 7.21. The second-order valence-corrected chi connectivity index (χ2v) is 6.79. The molecule has 0 amide bonds. The van der Waals surface area contributed by atoms with Crippen LogP contribution in [0.1, 0.15) is 50.7 Å². The zero-order valence-corrected chi connectivity index (χ0v) is 13.5. The average molecular weight is 293 g/mol. The molecule has 1 aliphatic heterocycles. The lowest BCUT2D eigenvalue weighted by Gasteiger charge is -2.16. The van der Waals surface area contributed by atoms with Crippen molar-refractivity contribution in [2.24, 2.45) is 5.92 Å². The van der Waals surface area contributed by atoms with Gasteiger partial charge >= 0.3 is 0 Å². The van der Waals surface area contributed by atoms with E-state index in [1.54, 1.807) is 18.3 Å². The van der Waals surface area contributed by atoms with Gasteiger partial charge in [0.1, 0.15) is 5.78 Å². The number of Topliss-reactive ketones (excluding diaryl/α,β-unsaturated/α-hetero) is 1. The lowest BCUT2D eigenvalue weighted by atomic mass is 9.89. The van der Waals surface area contributed by atoms with E-state index in [0.717, 1.165) is 23.5 Å². The van der Waals surface area contributed by atoms with Crippen molar-refractivity contribution in [3.05, 3.63) is 21.7 Å². The molecule has 2 heterocycles. The Morgan fingerprint density at radius 2 is 2.25 bits per heavy atom. The number of aromatic nitrogens is 1. The Balaban J connectivity index is 2.03. The second-order valence-electron chi connectivity index (χ2n) is 5.73. The molecule has 0 aliphatic carbocycles. The summed E-state index contributed by atoms with van der Waals surface area (Å²) in [5, 5.41) is 3.17. The molecule has 1 aromatic heterocycles. The summed E-state index contributed by atoms with van der Waals surface area (Å²) in [5.74, 6) is 0.674. The summed E-state index contributed by atoms with van der Waals surface area (Å²) in [6.45, 7) is 7.93. The minimum absolute atomic E-state index is 0.261. The summed E-state index contributed by atoms with van der Waals surface area (Å²) in [7, 11) is 0. The van der Waals surface area contributed by atoms with E-state index >= 15 is 0 Å². The fourth-order valence-electron chi connectivity index (χ4n) is 2.46. The summed E-state index contributed by atoms with van der Waals surface area (Å²) < 4.78 is 5.53. The number of ketones is 1. The Hall–Kier alpha value is -1.00. The molecule has 3 unspecified atom stereocenters. The van der Waals surface area contributed by atoms with Crippen LogP contribution in [0.3, 0.4) is 0 Å². The van der Waals surface area contributed by atoms with Gasteiger partial charge in [-0.05, 0) is 52.5 Å². The van der Waals surface area contributed by atoms with Crippen LogP contribution in [0.5, 0.6) is 0 Å². The molecule has 2 rings (SSSR count). The highest BCUT2D eigenvalue weighted by molar-refractivity contribution is 7.09. The van der Waals surface area contributed by atoms with Crippen molar-refractivity contribution < 1.29 is 9.53 Å². The molecule has 0 bridgehead atoms. The Morgan fingerprint density at radius 1 is 1.55 bits per heavy atom. The summed E-state index contributed by atoms with van der Waals surface area (Å²) in [6, 6.07) is 0. The number of nitrogens with zero attached hydrogens (tertiary/aromatic N) is 1. The SMILES string of the molecule is CC(=O)CCC(CC1OC1C)C(C)=Cc1csc(C)n1. The van der Waals surface area contributed by atoms with E-state index in [0.29, 0.717) is 24.5 Å². The van der Waals surface area contributed by atoms with Crippen LogP contribution >= 0.6 is 11.3 Å². The molecule has 1 aliphatic rings. The Kier molecular flexibility index (Phi) is 5.11. The molecule has 3 atom stereocenters. The normalized spacial score (nSPS) is 23.7. The molecule has 0 spiro atoms. The number of allylic oxidation sites excluding steroid dienone is 1. The summed E-state index contributed by atoms with van der Waals surface area (Å²) >= 11 is 1.67. The lowest BCUT2D eigenvalue weighted by molar-refractivity contribution is -0.117. The monoisotopic (exact) mass is 293 g/mol. The first-order chi connectivity index (χ1) is 9.45. The standard InChI is InChI=1S/C16H23NO2S/c1-10(7-15-9-20-13(4)17-15)14(6-5-11(2)18)8-16-12(3)19-16/h7,9,12,14,16H,5-6,8H2,1-4H3. The Bertz CT molecular complexity index is 506. The van der Waals surface area contributed by atoms with Crippen molar-refractivity contribution in [2.75, 3.05) is 0 Å². The third-order valence-corrected chi connectivity index (χ3v) is 4.65. The molecule has 1 saturated heterocycles. The van der Waals surface area contributed by atoms with Gasteiger partial charge in [0.2, 0.25) is 0 Å². The number of hydrogen-bond acceptors (Lipinski definition) is 4. The van der Waals surface area contributed by atoms with E-state index in [1.165, 1.54) is 5.57 Å². The van der Waals surface area contributed by atoms with Crippen LogP contribution in [0.4, 0.5) is 0 Å². The lowest BCUT2D eigenvalue weighted by Crippen LogP contribution is -2.09. The first-order valence-corrected chi connectivity index (χ1v) is 8.09. The van der Waals surface area contributed by atoms with Crippen molar-refractivity contribution >= 4 is 23.2 Å². The van der Waals surface area contributed by atoms with Crippen molar-refractivity contribution in [3.8, 4) is 0 Å². The number of thiazole rings is 1.